The minimum atomic E-state index is -0.752. The first-order valence-electron chi connectivity index (χ1n) is 5.68. The Morgan fingerprint density at radius 2 is 2.00 bits per heavy atom. The molecule has 1 unspecified atom stereocenters. The number of hydrogen-bond donors (Lipinski definition) is 1. The highest BCUT2D eigenvalue weighted by Gasteiger charge is 2.10. The highest BCUT2D eigenvalue weighted by atomic mass is 19.1. The van der Waals surface area contributed by atoms with Gasteiger partial charge in [-0.05, 0) is 32.4 Å². The molecule has 96 valence electrons. The largest absolute Gasteiger partial charge is 0.488 e. The molecule has 0 aliphatic heterocycles. The fourth-order valence-corrected chi connectivity index (χ4v) is 1.27. The predicted molar refractivity (Wildman–Crippen MR) is 63.7 cm³/mol. The maximum absolute atomic E-state index is 13.5. The molecule has 1 rings (SSSR count). The van der Waals surface area contributed by atoms with Gasteiger partial charge in [-0.15, -0.1) is 0 Å². The first-order chi connectivity index (χ1) is 8.00. The molecule has 3 nitrogen and oxygen atoms in total. The molecule has 0 radical (unpaired) electrons. The van der Waals surface area contributed by atoms with Gasteiger partial charge < -0.3 is 14.6 Å². The summed E-state index contributed by atoms with van der Waals surface area (Å²) < 4.78 is 24.0. The third-order valence-electron chi connectivity index (χ3n) is 2.21. The van der Waals surface area contributed by atoms with Crippen LogP contribution in [-0.2, 0) is 4.74 Å². The fraction of sp³-hybridized carbons (Fsp3) is 0.538. The first-order valence-corrected chi connectivity index (χ1v) is 5.68. The minimum Gasteiger partial charge on any atom is -0.488 e. The van der Waals surface area contributed by atoms with E-state index in [1.165, 1.54) is 0 Å². The van der Waals surface area contributed by atoms with Crippen molar-refractivity contribution in [1.82, 2.24) is 0 Å². The van der Waals surface area contributed by atoms with Gasteiger partial charge in [0, 0.05) is 0 Å². The average molecular weight is 242 g/mol. The Balaban J connectivity index is 2.42. The number of benzene rings is 1. The zero-order valence-corrected chi connectivity index (χ0v) is 10.4. The molecule has 0 saturated heterocycles. The Bertz CT molecular complexity index is 353. The van der Waals surface area contributed by atoms with E-state index in [1.807, 2.05) is 13.8 Å². The van der Waals surface area contributed by atoms with E-state index in [0.717, 1.165) is 0 Å². The lowest BCUT2D eigenvalue weighted by molar-refractivity contribution is -0.0127. The van der Waals surface area contributed by atoms with Crippen molar-refractivity contribution in [3.63, 3.8) is 0 Å². The second-order valence-corrected chi connectivity index (χ2v) is 4.23. The van der Waals surface area contributed by atoms with Crippen LogP contribution in [0.5, 0.6) is 5.75 Å². The summed E-state index contributed by atoms with van der Waals surface area (Å²) in [5.74, 6) is -0.224. The number of halogens is 1. The summed E-state index contributed by atoms with van der Waals surface area (Å²) in [6, 6.07) is 4.92. The summed E-state index contributed by atoms with van der Waals surface area (Å²) in [7, 11) is 0. The molecular weight excluding hydrogens is 223 g/mol. The topological polar surface area (TPSA) is 38.7 Å². The van der Waals surface area contributed by atoms with Gasteiger partial charge in [0.25, 0.3) is 0 Å². The van der Waals surface area contributed by atoms with Crippen LogP contribution in [-0.4, -0.2) is 30.5 Å². The molecule has 4 heteroatoms. The summed E-state index contributed by atoms with van der Waals surface area (Å²) in [4.78, 5) is 0. The van der Waals surface area contributed by atoms with Gasteiger partial charge in [0.1, 0.15) is 12.7 Å². The van der Waals surface area contributed by atoms with Crippen molar-refractivity contribution < 1.29 is 19.0 Å². The third-order valence-corrected chi connectivity index (χ3v) is 2.21. The zero-order valence-electron chi connectivity index (χ0n) is 10.4. The molecule has 0 spiro atoms. The van der Waals surface area contributed by atoms with E-state index >= 15 is 0 Å². The van der Waals surface area contributed by atoms with E-state index in [2.05, 4.69) is 0 Å². The predicted octanol–water partition coefficient (Wildman–Crippen LogP) is 2.30. The summed E-state index contributed by atoms with van der Waals surface area (Å²) >= 11 is 0. The van der Waals surface area contributed by atoms with Crippen molar-refractivity contribution in [2.75, 3.05) is 13.2 Å². The van der Waals surface area contributed by atoms with Gasteiger partial charge in [-0.2, -0.15) is 0 Å². The van der Waals surface area contributed by atoms with Crippen LogP contribution in [0.4, 0.5) is 4.39 Å². The maximum Gasteiger partial charge on any atom is 0.167 e. The lowest BCUT2D eigenvalue weighted by atomic mass is 10.2. The lowest BCUT2D eigenvalue weighted by Gasteiger charge is -2.15. The molecule has 1 aromatic rings. The maximum atomic E-state index is 13.5. The van der Waals surface area contributed by atoms with Gasteiger partial charge in [0.05, 0.1) is 12.7 Å². The summed E-state index contributed by atoms with van der Waals surface area (Å²) in [6.07, 6.45) is -0.697. The molecule has 1 N–H and O–H groups in total. The standard InChI is InChI=1S/C13H19FO3/c1-9(2)16-7-11(15)8-17-12-6-4-5-10(3)13(12)14/h4-6,9,11,15H,7-8H2,1-3H3. The normalized spacial score (nSPS) is 12.8. The number of aryl methyl sites for hydroxylation is 1. The van der Waals surface area contributed by atoms with Crippen LogP contribution in [0.2, 0.25) is 0 Å². The summed E-state index contributed by atoms with van der Waals surface area (Å²) in [6.45, 7) is 5.64. The van der Waals surface area contributed by atoms with Crippen LogP contribution in [0.15, 0.2) is 18.2 Å². The molecule has 0 heterocycles. The summed E-state index contributed by atoms with van der Waals surface area (Å²) in [5.41, 5.74) is 0.524. The second-order valence-electron chi connectivity index (χ2n) is 4.23. The van der Waals surface area contributed by atoms with Crippen molar-refractivity contribution >= 4 is 0 Å². The number of aliphatic hydroxyl groups excluding tert-OH is 1. The Hall–Kier alpha value is -1.13. The van der Waals surface area contributed by atoms with Crippen molar-refractivity contribution in [2.45, 2.75) is 33.0 Å². The second kappa shape index (κ2) is 6.57. The molecule has 0 aliphatic rings. The van der Waals surface area contributed by atoms with Crippen LogP contribution in [0.25, 0.3) is 0 Å². The highest BCUT2D eigenvalue weighted by molar-refractivity contribution is 5.30. The molecule has 0 bridgehead atoms. The Morgan fingerprint density at radius 1 is 1.29 bits per heavy atom. The smallest absolute Gasteiger partial charge is 0.167 e. The van der Waals surface area contributed by atoms with Crippen LogP contribution in [0.1, 0.15) is 19.4 Å². The Kier molecular flexibility index (Phi) is 5.38. The van der Waals surface area contributed by atoms with Gasteiger partial charge in [-0.1, -0.05) is 12.1 Å². The lowest BCUT2D eigenvalue weighted by Crippen LogP contribution is -2.25. The monoisotopic (exact) mass is 242 g/mol. The molecular formula is C13H19FO3. The molecule has 17 heavy (non-hydrogen) atoms. The molecule has 0 aromatic heterocycles. The van der Waals surface area contributed by atoms with Crippen molar-refractivity contribution in [2.24, 2.45) is 0 Å². The van der Waals surface area contributed by atoms with E-state index in [1.54, 1.807) is 25.1 Å². The average Bonchev–Trinajstić information content (AvgIpc) is 2.28. The quantitative estimate of drug-likeness (QED) is 0.832. The molecule has 1 atom stereocenters. The van der Waals surface area contributed by atoms with Crippen LogP contribution < -0.4 is 4.74 Å². The van der Waals surface area contributed by atoms with Crippen molar-refractivity contribution in [1.29, 1.82) is 0 Å². The van der Waals surface area contributed by atoms with Gasteiger partial charge in [0.15, 0.2) is 11.6 Å². The third kappa shape index (κ3) is 4.71. The van der Waals surface area contributed by atoms with Crippen LogP contribution >= 0.6 is 0 Å². The Morgan fingerprint density at radius 3 is 2.65 bits per heavy atom. The number of hydrogen-bond acceptors (Lipinski definition) is 3. The molecule has 0 amide bonds. The molecule has 0 saturated carbocycles. The van der Waals surface area contributed by atoms with E-state index in [4.69, 9.17) is 9.47 Å². The van der Waals surface area contributed by atoms with Crippen LogP contribution in [0, 0.1) is 12.7 Å². The van der Waals surface area contributed by atoms with Crippen LogP contribution in [0.3, 0.4) is 0 Å². The molecule has 0 fully saturated rings. The van der Waals surface area contributed by atoms with Crippen molar-refractivity contribution in [3.8, 4) is 5.75 Å². The Labute approximate surface area is 101 Å². The molecule has 1 aromatic carbocycles. The number of rotatable bonds is 6. The van der Waals surface area contributed by atoms with Gasteiger partial charge >= 0.3 is 0 Å². The van der Waals surface area contributed by atoms with Crippen molar-refractivity contribution in [3.05, 3.63) is 29.6 Å². The SMILES string of the molecule is Cc1cccc(OCC(O)COC(C)C)c1F. The van der Waals surface area contributed by atoms with E-state index < -0.39 is 6.10 Å². The summed E-state index contributed by atoms with van der Waals surface area (Å²) in [5, 5.41) is 9.55. The molecule has 0 aliphatic carbocycles. The van der Waals surface area contributed by atoms with E-state index in [-0.39, 0.29) is 30.9 Å². The highest BCUT2D eigenvalue weighted by Crippen LogP contribution is 2.19. The number of aliphatic hydroxyl groups is 1. The van der Waals surface area contributed by atoms with E-state index in [0.29, 0.717) is 5.56 Å². The van der Waals surface area contributed by atoms with Gasteiger partial charge in [-0.25, -0.2) is 4.39 Å². The minimum absolute atomic E-state index is 0.0209. The number of ether oxygens (including phenoxy) is 2. The fourth-order valence-electron chi connectivity index (χ4n) is 1.27. The van der Waals surface area contributed by atoms with Gasteiger partial charge in [-0.3, -0.25) is 0 Å². The van der Waals surface area contributed by atoms with E-state index in [9.17, 15) is 9.50 Å². The van der Waals surface area contributed by atoms with Gasteiger partial charge in [0.2, 0.25) is 0 Å². The first kappa shape index (κ1) is 13.9. The zero-order chi connectivity index (χ0) is 12.8.